The summed E-state index contributed by atoms with van der Waals surface area (Å²) in [6, 6.07) is 0. The fraction of sp³-hybridized carbons (Fsp3) is 0.714. The normalized spacial score (nSPS) is 12.1. The van der Waals surface area contributed by atoms with Crippen molar-refractivity contribution in [3.63, 3.8) is 0 Å². The van der Waals surface area contributed by atoms with E-state index >= 15 is 0 Å². The van der Waals surface area contributed by atoms with Gasteiger partial charge in [0.05, 0.1) is 13.2 Å². The Kier molecular flexibility index (Phi) is 8.08. The fourth-order valence-corrected chi connectivity index (χ4v) is 1.66. The predicted molar refractivity (Wildman–Crippen MR) is 70.0 cm³/mol. The molecule has 0 aliphatic rings. The van der Waals surface area contributed by atoms with Crippen molar-refractivity contribution >= 4 is 11.9 Å². The molecule has 0 saturated carbocycles. The van der Waals surface area contributed by atoms with Crippen molar-refractivity contribution in [3.05, 3.63) is 11.1 Å². The van der Waals surface area contributed by atoms with Gasteiger partial charge in [-0.2, -0.15) is 0 Å². The van der Waals surface area contributed by atoms with Crippen LogP contribution in [0, 0.1) is 5.92 Å². The number of hydrogen-bond donors (Lipinski definition) is 0. The molecular formula is C14H24O4. The van der Waals surface area contributed by atoms with Crippen LogP contribution in [0.4, 0.5) is 0 Å². The van der Waals surface area contributed by atoms with Crippen LogP contribution in [-0.4, -0.2) is 25.2 Å². The predicted octanol–water partition coefficient (Wildman–Crippen LogP) is 2.87. The summed E-state index contributed by atoms with van der Waals surface area (Å²) in [5.74, 6) is -0.541. The van der Waals surface area contributed by atoms with Gasteiger partial charge in [-0.15, -0.1) is 0 Å². The molecular weight excluding hydrogens is 232 g/mol. The first-order valence-corrected chi connectivity index (χ1v) is 6.54. The van der Waals surface area contributed by atoms with Crippen LogP contribution in [-0.2, 0) is 19.1 Å². The standard InChI is InChI=1S/C14H24O4/c1-6-11(13(15)17-7-2)12(9-10(4)5)14(16)18-8-3/h10H,6-9H2,1-5H3. The topological polar surface area (TPSA) is 52.6 Å². The average molecular weight is 256 g/mol. The van der Waals surface area contributed by atoms with Crippen LogP contribution in [0.2, 0.25) is 0 Å². The van der Waals surface area contributed by atoms with Crippen LogP contribution in [0.3, 0.4) is 0 Å². The molecule has 0 spiro atoms. The summed E-state index contributed by atoms with van der Waals surface area (Å²) in [5.41, 5.74) is 0.886. The highest BCUT2D eigenvalue weighted by molar-refractivity contribution is 6.00. The summed E-state index contributed by atoms with van der Waals surface area (Å²) < 4.78 is 9.99. The number of carbonyl (C=O) groups excluding carboxylic acids is 2. The van der Waals surface area contributed by atoms with E-state index in [2.05, 4.69) is 0 Å². The lowest BCUT2D eigenvalue weighted by atomic mass is 9.96. The zero-order valence-electron chi connectivity index (χ0n) is 12.0. The monoisotopic (exact) mass is 256 g/mol. The summed E-state index contributed by atoms with van der Waals surface area (Å²) in [6.45, 7) is 9.94. The minimum absolute atomic E-state index is 0.278. The number of rotatable bonds is 7. The lowest BCUT2D eigenvalue weighted by Gasteiger charge is -2.14. The molecule has 4 nitrogen and oxygen atoms in total. The second kappa shape index (κ2) is 8.72. The van der Waals surface area contributed by atoms with E-state index in [4.69, 9.17) is 9.47 Å². The Hall–Kier alpha value is -1.32. The van der Waals surface area contributed by atoms with Crippen molar-refractivity contribution in [1.29, 1.82) is 0 Å². The van der Waals surface area contributed by atoms with Crippen LogP contribution in [0.25, 0.3) is 0 Å². The van der Waals surface area contributed by atoms with E-state index in [1.54, 1.807) is 13.8 Å². The molecule has 0 saturated heterocycles. The van der Waals surface area contributed by atoms with Crippen LogP contribution < -0.4 is 0 Å². The Bertz CT molecular complexity index is 316. The second-order valence-corrected chi connectivity index (χ2v) is 4.35. The molecule has 0 heterocycles. The third-order valence-electron chi connectivity index (χ3n) is 2.37. The maximum atomic E-state index is 11.9. The summed E-state index contributed by atoms with van der Waals surface area (Å²) in [6.07, 6.45) is 1.00. The van der Waals surface area contributed by atoms with Crippen LogP contribution in [0.15, 0.2) is 11.1 Å². The average Bonchev–Trinajstić information content (AvgIpc) is 2.28. The van der Waals surface area contributed by atoms with Gasteiger partial charge in [-0.3, -0.25) is 0 Å². The lowest BCUT2D eigenvalue weighted by molar-refractivity contribution is -0.142. The van der Waals surface area contributed by atoms with E-state index in [0.29, 0.717) is 37.2 Å². The first-order valence-electron chi connectivity index (χ1n) is 6.54. The molecule has 0 aromatic heterocycles. The zero-order valence-corrected chi connectivity index (χ0v) is 12.0. The minimum Gasteiger partial charge on any atom is -0.463 e. The van der Waals surface area contributed by atoms with E-state index in [1.807, 2.05) is 20.8 Å². The largest absolute Gasteiger partial charge is 0.463 e. The van der Waals surface area contributed by atoms with Crippen molar-refractivity contribution < 1.29 is 19.1 Å². The highest BCUT2D eigenvalue weighted by Crippen LogP contribution is 2.20. The van der Waals surface area contributed by atoms with Gasteiger partial charge in [0.1, 0.15) is 0 Å². The van der Waals surface area contributed by atoms with E-state index in [0.717, 1.165) is 0 Å². The molecule has 0 rings (SSSR count). The maximum absolute atomic E-state index is 11.9. The first kappa shape index (κ1) is 16.7. The number of ether oxygens (including phenoxy) is 2. The van der Waals surface area contributed by atoms with Gasteiger partial charge < -0.3 is 9.47 Å². The highest BCUT2D eigenvalue weighted by atomic mass is 16.5. The summed E-state index contributed by atoms with van der Waals surface area (Å²) in [7, 11) is 0. The molecule has 4 heteroatoms. The zero-order chi connectivity index (χ0) is 14.1. The van der Waals surface area contributed by atoms with E-state index in [9.17, 15) is 9.59 Å². The Morgan fingerprint density at radius 3 is 1.67 bits per heavy atom. The van der Waals surface area contributed by atoms with Crippen molar-refractivity contribution in [2.45, 2.75) is 47.5 Å². The third kappa shape index (κ3) is 5.34. The fourth-order valence-electron chi connectivity index (χ4n) is 1.66. The van der Waals surface area contributed by atoms with Crippen LogP contribution >= 0.6 is 0 Å². The Balaban J connectivity index is 5.29. The number of esters is 2. The second-order valence-electron chi connectivity index (χ2n) is 4.35. The molecule has 0 aliphatic carbocycles. The van der Waals surface area contributed by atoms with Crippen LogP contribution in [0.1, 0.15) is 47.5 Å². The van der Waals surface area contributed by atoms with Gasteiger partial charge in [0, 0.05) is 11.1 Å². The van der Waals surface area contributed by atoms with E-state index in [1.165, 1.54) is 0 Å². The molecule has 0 atom stereocenters. The summed E-state index contributed by atoms with van der Waals surface area (Å²) in [4.78, 5) is 23.7. The van der Waals surface area contributed by atoms with Gasteiger partial charge in [-0.05, 0) is 32.6 Å². The third-order valence-corrected chi connectivity index (χ3v) is 2.37. The van der Waals surface area contributed by atoms with Crippen molar-refractivity contribution in [2.75, 3.05) is 13.2 Å². The Morgan fingerprint density at radius 1 is 0.889 bits per heavy atom. The quantitative estimate of drug-likeness (QED) is 0.519. The van der Waals surface area contributed by atoms with Gasteiger partial charge in [-0.1, -0.05) is 20.8 Å². The SMILES string of the molecule is CCOC(=O)C(CC)=C(CC(C)C)C(=O)OCC. The number of hydrogen-bond acceptors (Lipinski definition) is 4. The molecule has 0 radical (unpaired) electrons. The van der Waals surface area contributed by atoms with Gasteiger partial charge in [0.15, 0.2) is 0 Å². The van der Waals surface area contributed by atoms with Gasteiger partial charge in [-0.25, -0.2) is 9.59 Å². The van der Waals surface area contributed by atoms with Crippen molar-refractivity contribution in [2.24, 2.45) is 5.92 Å². The minimum atomic E-state index is -0.413. The Labute approximate surface area is 109 Å². The number of carbonyl (C=O) groups is 2. The molecule has 0 amide bonds. The molecule has 0 aromatic carbocycles. The molecule has 18 heavy (non-hydrogen) atoms. The molecule has 0 fully saturated rings. The van der Waals surface area contributed by atoms with Gasteiger partial charge in [0.25, 0.3) is 0 Å². The smallest absolute Gasteiger partial charge is 0.334 e. The van der Waals surface area contributed by atoms with Crippen molar-refractivity contribution in [1.82, 2.24) is 0 Å². The van der Waals surface area contributed by atoms with Crippen LogP contribution in [0.5, 0.6) is 0 Å². The first-order chi connectivity index (χ1) is 8.47. The molecule has 0 bridgehead atoms. The summed E-state index contributed by atoms with van der Waals surface area (Å²) in [5, 5.41) is 0. The molecule has 0 aromatic rings. The molecule has 0 N–H and O–H groups in total. The highest BCUT2D eigenvalue weighted by Gasteiger charge is 2.22. The Morgan fingerprint density at radius 2 is 1.33 bits per heavy atom. The van der Waals surface area contributed by atoms with E-state index < -0.39 is 11.9 Å². The molecule has 0 unspecified atom stereocenters. The summed E-state index contributed by atoms with van der Waals surface area (Å²) >= 11 is 0. The van der Waals surface area contributed by atoms with E-state index in [-0.39, 0.29) is 5.92 Å². The van der Waals surface area contributed by atoms with Gasteiger partial charge >= 0.3 is 11.9 Å². The van der Waals surface area contributed by atoms with Gasteiger partial charge in [0.2, 0.25) is 0 Å². The molecule has 0 aliphatic heterocycles. The molecule has 104 valence electrons. The lowest BCUT2D eigenvalue weighted by Crippen LogP contribution is -2.17. The maximum Gasteiger partial charge on any atom is 0.334 e. The van der Waals surface area contributed by atoms with Crippen molar-refractivity contribution in [3.8, 4) is 0 Å².